The first-order chi connectivity index (χ1) is 9.61. The van der Waals surface area contributed by atoms with Gasteiger partial charge >= 0.3 is 0 Å². The van der Waals surface area contributed by atoms with Gasteiger partial charge < -0.3 is 5.32 Å². The summed E-state index contributed by atoms with van der Waals surface area (Å²) in [5, 5.41) is 3.33. The lowest BCUT2D eigenvalue weighted by Crippen LogP contribution is -2.24. The largest absolute Gasteiger partial charge is 0.310 e. The van der Waals surface area contributed by atoms with Crippen LogP contribution in [-0.4, -0.2) is 6.54 Å². The van der Waals surface area contributed by atoms with E-state index in [1.165, 1.54) is 12.1 Å². The maximum atomic E-state index is 13.9. The number of hydrogen-bond acceptors (Lipinski definition) is 1. The minimum atomic E-state index is -0.443. The molecule has 0 spiro atoms. The van der Waals surface area contributed by atoms with Gasteiger partial charge in [0.15, 0.2) is 0 Å². The van der Waals surface area contributed by atoms with Crippen molar-refractivity contribution in [3.05, 3.63) is 70.2 Å². The molecule has 2 aromatic carbocycles. The van der Waals surface area contributed by atoms with E-state index >= 15 is 0 Å². The number of likely N-dealkylation sites (N-methyl/N-ethyl adjacent to an activating group) is 1. The summed E-state index contributed by atoms with van der Waals surface area (Å²) in [5.74, 6) is -0.687. The van der Waals surface area contributed by atoms with Gasteiger partial charge in [0.1, 0.15) is 11.6 Å². The zero-order valence-electron chi connectivity index (χ0n) is 11.2. The van der Waals surface area contributed by atoms with Gasteiger partial charge in [-0.15, -0.1) is 0 Å². The summed E-state index contributed by atoms with van der Waals surface area (Å²) in [5.41, 5.74) is 1.47. The molecule has 0 aliphatic rings. The smallest absolute Gasteiger partial charge is 0.141 e. The molecule has 0 aliphatic carbocycles. The summed E-state index contributed by atoms with van der Waals surface area (Å²) < 4.78 is 27.0. The molecule has 0 aromatic heterocycles. The van der Waals surface area contributed by atoms with E-state index in [-0.39, 0.29) is 16.9 Å². The Balaban J connectivity index is 2.25. The normalized spacial score (nSPS) is 12.4. The minimum Gasteiger partial charge on any atom is -0.310 e. The number of rotatable bonds is 5. The fourth-order valence-corrected chi connectivity index (χ4v) is 2.40. The van der Waals surface area contributed by atoms with Gasteiger partial charge in [0, 0.05) is 11.6 Å². The van der Waals surface area contributed by atoms with Crippen LogP contribution in [0.25, 0.3) is 0 Å². The number of halogens is 3. The van der Waals surface area contributed by atoms with E-state index in [9.17, 15) is 8.78 Å². The second kappa shape index (κ2) is 6.82. The van der Waals surface area contributed by atoms with Gasteiger partial charge in [-0.25, -0.2) is 8.78 Å². The predicted octanol–water partition coefficient (Wildman–Crippen LogP) is 4.51. The molecule has 2 aromatic rings. The van der Waals surface area contributed by atoms with Gasteiger partial charge in [0.2, 0.25) is 0 Å². The fourth-order valence-electron chi connectivity index (χ4n) is 2.20. The number of hydrogen-bond donors (Lipinski definition) is 1. The van der Waals surface area contributed by atoms with E-state index < -0.39 is 5.82 Å². The average Bonchev–Trinajstić information content (AvgIpc) is 2.43. The molecule has 2 rings (SSSR count). The zero-order chi connectivity index (χ0) is 14.5. The molecule has 0 saturated heterocycles. The molecular formula is C16H16ClF2N. The number of nitrogens with one attached hydrogen (secondary N) is 1. The average molecular weight is 296 g/mol. The van der Waals surface area contributed by atoms with Crippen LogP contribution < -0.4 is 5.32 Å². The zero-order valence-corrected chi connectivity index (χ0v) is 11.9. The molecular weight excluding hydrogens is 280 g/mol. The first-order valence-electron chi connectivity index (χ1n) is 6.53. The lowest BCUT2D eigenvalue weighted by molar-refractivity contribution is 0.509. The molecule has 1 unspecified atom stereocenters. The topological polar surface area (TPSA) is 12.0 Å². The van der Waals surface area contributed by atoms with E-state index in [1.54, 1.807) is 30.3 Å². The summed E-state index contributed by atoms with van der Waals surface area (Å²) in [4.78, 5) is 0. The lowest BCUT2D eigenvalue weighted by Gasteiger charge is -2.19. The Labute approximate surface area is 122 Å². The van der Waals surface area contributed by atoms with Crippen LogP contribution in [0.1, 0.15) is 24.1 Å². The van der Waals surface area contributed by atoms with Crippen LogP contribution in [-0.2, 0) is 6.42 Å². The van der Waals surface area contributed by atoms with Crippen molar-refractivity contribution >= 4 is 11.6 Å². The van der Waals surface area contributed by atoms with E-state index in [0.717, 1.165) is 5.56 Å². The molecule has 0 fully saturated rings. The lowest BCUT2D eigenvalue weighted by atomic mass is 9.98. The molecule has 1 N–H and O–H groups in total. The summed E-state index contributed by atoms with van der Waals surface area (Å²) in [6.07, 6.45) is 0.550. The Kier molecular flexibility index (Phi) is 5.10. The molecule has 106 valence electrons. The third-order valence-corrected chi connectivity index (χ3v) is 3.44. The molecule has 1 atom stereocenters. The maximum absolute atomic E-state index is 13.9. The predicted molar refractivity (Wildman–Crippen MR) is 77.9 cm³/mol. The Hall–Kier alpha value is -1.45. The minimum absolute atomic E-state index is 0.0892. The first-order valence-corrected chi connectivity index (χ1v) is 6.91. The van der Waals surface area contributed by atoms with Crippen molar-refractivity contribution in [1.29, 1.82) is 0 Å². The van der Waals surface area contributed by atoms with Crippen LogP contribution in [0.15, 0.2) is 42.5 Å². The molecule has 0 saturated carbocycles. The second-order valence-electron chi connectivity index (χ2n) is 4.58. The van der Waals surface area contributed by atoms with Crippen LogP contribution in [0.4, 0.5) is 8.78 Å². The van der Waals surface area contributed by atoms with Crippen LogP contribution in [0.5, 0.6) is 0 Å². The van der Waals surface area contributed by atoms with Crippen molar-refractivity contribution < 1.29 is 8.78 Å². The molecule has 0 amide bonds. The van der Waals surface area contributed by atoms with Crippen LogP contribution in [0.3, 0.4) is 0 Å². The molecule has 4 heteroatoms. The highest BCUT2D eigenvalue weighted by molar-refractivity contribution is 6.30. The Morgan fingerprint density at radius 3 is 2.50 bits per heavy atom. The second-order valence-corrected chi connectivity index (χ2v) is 4.99. The van der Waals surface area contributed by atoms with E-state index in [0.29, 0.717) is 18.5 Å². The van der Waals surface area contributed by atoms with Crippen LogP contribution in [0.2, 0.25) is 5.02 Å². The Morgan fingerprint density at radius 1 is 1.10 bits per heavy atom. The third-order valence-electron chi connectivity index (χ3n) is 3.16. The quantitative estimate of drug-likeness (QED) is 0.855. The highest BCUT2D eigenvalue weighted by Gasteiger charge is 2.15. The Morgan fingerprint density at radius 2 is 1.85 bits per heavy atom. The van der Waals surface area contributed by atoms with Gasteiger partial charge in [0.25, 0.3) is 0 Å². The third kappa shape index (κ3) is 3.56. The van der Waals surface area contributed by atoms with Crippen LogP contribution in [0, 0.1) is 11.6 Å². The standard InChI is InChI=1S/C16H16ClF2N/c1-2-20-16(12-5-3-4-6-14(12)18)10-11-7-8-15(19)13(17)9-11/h3-9,16,20H,2,10H2,1H3. The van der Waals surface area contributed by atoms with Crippen molar-refractivity contribution in [2.24, 2.45) is 0 Å². The Bertz CT molecular complexity index is 586. The molecule has 20 heavy (non-hydrogen) atoms. The summed E-state index contributed by atoms with van der Waals surface area (Å²) >= 11 is 5.78. The van der Waals surface area contributed by atoms with Crippen molar-refractivity contribution in [2.45, 2.75) is 19.4 Å². The van der Waals surface area contributed by atoms with Gasteiger partial charge in [-0.2, -0.15) is 0 Å². The van der Waals surface area contributed by atoms with E-state index in [1.807, 2.05) is 6.92 Å². The van der Waals surface area contributed by atoms with Crippen LogP contribution >= 0.6 is 11.6 Å². The fraction of sp³-hybridized carbons (Fsp3) is 0.250. The number of benzene rings is 2. The molecule has 0 heterocycles. The molecule has 0 bridgehead atoms. The summed E-state index contributed by atoms with van der Waals surface area (Å²) in [6.45, 7) is 2.68. The van der Waals surface area contributed by atoms with Gasteiger partial charge in [-0.05, 0) is 36.7 Å². The van der Waals surface area contributed by atoms with Crippen molar-refractivity contribution in [1.82, 2.24) is 5.32 Å². The highest BCUT2D eigenvalue weighted by atomic mass is 35.5. The molecule has 1 nitrogen and oxygen atoms in total. The van der Waals surface area contributed by atoms with Crippen molar-refractivity contribution in [3.63, 3.8) is 0 Å². The van der Waals surface area contributed by atoms with Gasteiger partial charge in [-0.3, -0.25) is 0 Å². The van der Waals surface area contributed by atoms with Gasteiger partial charge in [0.05, 0.1) is 5.02 Å². The maximum Gasteiger partial charge on any atom is 0.141 e. The molecule has 0 radical (unpaired) electrons. The summed E-state index contributed by atoms with van der Waals surface area (Å²) in [6, 6.07) is 11.1. The van der Waals surface area contributed by atoms with Crippen molar-refractivity contribution in [2.75, 3.05) is 6.54 Å². The van der Waals surface area contributed by atoms with Gasteiger partial charge in [-0.1, -0.05) is 42.8 Å². The SMILES string of the molecule is CCNC(Cc1ccc(F)c(Cl)c1)c1ccccc1F. The van der Waals surface area contributed by atoms with E-state index in [2.05, 4.69) is 5.32 Å². The molecule has 0 aliphatic heterocycles. The summed E-state index contributed by atoms with van der Waals surface area (Å²) in [7, 11) is 0. The monoisotopic (exact) mass is 295 g/mol. The van der Waals surface area contributed by atoms with Crippen molar-refractivity contribution in [3.8, 4) is 0 Å². The highest BCUT2D eigenvalue weighted by Crippen LogP contribution is 2.23. The first kappa shape index (κ1) is 14.9. The van der Waals surface area contributed by atoms with E-state index in [4.69, 9.17) is 11.6 Å².